The number of hydrogen-bond donors (Lipinski definition) is 1. The Morgan fingerprint density at radius 1 is 1.14 bits per heavy atom. The minimum Gasteiger partial charge on any atom is -0.466 e. The molecule has 1 saturated heterocycles. The second-order valence-electron chi connectivity index (χ2n) is 8.91. The number of nitrogens with one attached hydrogen (secondary N) is 1. The molecule has 0 spiro atoms. The molecule has 1 aromatic heterocycles. The van der Waals surface area contributed by atoms with Gasteiger partial charge in [-0.2, -0.15) is 0 Å². The lowest BCUT2D eigenvalue weighted by Crippen LogP contribution is -2.37. The number of nitrogens with zero attached hydrogens (tertiary/aromatic N) is 2. The summed E-state index contributed by atoms with van der Waals surface area (Å²) in [5.74, 6) is -1.54. The number of aromatic nitrogens is 1. The van der Waals surface area contributed by atoms with Gasteiger partial charge in [0.05, 0.1) is 23.7 Å². The number of rotatable bonds is 7. The predicted molar refractivity (Wildman–Crippen MR) is 143 cm³/mol. The summed E-state index contributed by atoms with van der Waals surface area (Å²) >= 11 is 12.1. The van der Waals surface area contributed by atoms with Crippen molar-refractivity contribution in [2.24, 2.45) is 5.92 Å². The maximum atomic E-state index is 15.3. The molecule has 1 amide bonds. The summed E-state index contributed by atoms with van der Waals surface area (Å²) in [7, 11) is 0. The molecule has 0 atom stereocenters. The van der Waals surface area contributed by atoms with Crippen molar-refractivity contribution < 1.29 is 18.7 Å². The third-order valence-electron chi connectivity index (χ3n) is 6.64. The van der Waals surface area contributed by atoms with E-state index < -0.39 is 17.2 Å². The van der Waals surface area contributed by atoms with Crippen LogP contribution < -0.4 is 15.6 Å². The minimum atomic E-state index is -0.578. The van der Waals surface area contributed by atoms with Gasteiger partial charge in [-0.05, 0) is 56.5 Å². The zero-order valence-corrected chi connectivity index (χ0v) is 22.2. The number of carbonyl (C=O) groups excluding carboxylic acids is 2. The van der Waals surface area contributed by atoms with Crippen LogP contribution in [0.1, 0.15) is 42.6 Å². The number of esters is 1. The van der Waals surface area contributed by atoms with Crippen LogP contribution in [0.15, 0.2) is 41.3 Å². The first-order valence-electron chi connectivity index (χ1n) is 12.2. The lowest BCUT2D eigenvalue weighted by atomic mass is 9.96. The lowest BCUT2D eigenvalue weighted by molar-refractivity contribution is -0.148. The number of benzene rings is 2. The van der Waals surface area contributed by atoms with Crippen molar-refractivity contribution in [2.75, 3.05) is 24.6 Å². The molecular weight excluding hydrogens is 520 g/mol. The Kier molecular flexibility index (Phi) is 8.39. The molecule has 1 aliphatic heterocycles. The van der Waals surface area contributed by atoms with Crippen LogP contribution in [-0.2, 0) is 22.6 Å². The highest BCUT2D eigenvalue weighted by Gasteiger charge is 2.28. The standard InChI is InChI=1S/C27H28Cl2FN3O4/c1-3-32-15-20(26(35)31-14-17-5-6-18(28)11-21(17)29)25(34)19-12-22(30)24(13-23(19)32)33-9-7-16(8-10-33)27(36)37-4-2/h5-6,11-13,15-16H,3-4,7-10,14H2,1-2H3,(H,31,35). The molecule has 4 rings (SSSR count). The maximum Gasteiger partial charge on any atom is 0.309 e. The summed E-state index contributed by atoms with van der Waals surface area (Å²) in [6.07, 6.45) is 2.62. The van der Waals surface area contributed by atoms with Crippen molar-refractivity contribution in [1.82, 2.24) is 9.88 Å². The van der Waals surface area contributed by atoms with E-state index in [1.807, 2.05) is 11.8 Å². The fraction of sp³-hybridized carbons (Fsp3) is 0.370. The molecule has 1 fully saturated rings. The third kappa shape index (κ3) is 5.75. The molecule has 0 bridgehead atoms. The molecule has 2 heterocycles. The zero-order chi connectivity index (χ0) is 26.7. The van der Waals surface area contributed by atoms with Gasteiger partial charge in [-0.25, -0.2) is 4.39 Å². The first-order valence-corrected chi connectivity index (χ1v) is 13.0. The smallest absolute Gasteiger partial charge is 0.309 e. The average Bonchev–Trinajstić information content (AvgIpc) is 2.88. The Morgan fingerprint density at radius 2 is 1.86 bits per heavy atom. The molecule has 37 heavy (non-hydrogen) atoms. The molecule has 0 radical (unpaired) electrons. The van der Waals surface area contributed by atoms with Crippen molar-refractivity contribution in [2.45, 2.75) is 39.8 Å². The van der Waals surface area contributed by atoms with E-state index in [1.54, 1.807) is 35.8 Å². The number of anilines is 1. The summed E-state index contributed by atoms with van der Waals surface area (Å²) in [5, 5.41) is 3.72. The number of hydrogen-bond acceptors (Lipinski definition) is 5. The lowest BCUT2D eigenvalue weighted by Gasteiger charge is -2.33. The van der Waals surface area contributed by atoms with Gasteiger partial charge in [0.1, 0.15) is 11.4 Å². The number of aryl methyl sites for hydroxylation is 1. The number of piperidine rings is 1. The van der Waals surface area contributed by atoms with Gasteiger partial charge in [-0.3, -0.25) is 14.4 Å². The third-order valence-corrected chi connectivity index (χ3v) is 7.23. The molecular formula is C27H28Cl2FN3O4. The molecule has 196 valence electrons. The van der Waals surface area contributed by atoms with E-state index in [-0.39, 0.29) is 29.4 Å². The topological polar surface area (TPSA) is 80.6 Å². The second kappa shape index (κ2) is 11.5. The van der Waals surface area contributed by atoms with Gasteiger partial charge >= 0.3 is 5.97 Å². The minimum absolute atomic E-state index is 0.0816. The van der Waals surface area contributed by atoms with Crippen LogP contribution in [0.5, 0.6) is 0 Å². The highest BCUT2D eigenvalue weighted by atomic mass is 35.5. The van der Waals surface area contributed by atoms with Crippen LogP contribution in [0.25, 0.3) is 10.9 Å². The van der Waals surface area contributed by atoms with Crippen molar-refractivity contribution >= 4 is 51.7 Å². The first kappa shape index (κ1) is 26.9. The van der Waals surface area contributed by atoms with Gasteiger partial charge in [0.2, 0.25) is 5.43 Å². The highest BCUT2D eigenvalue weighted by Crippen LogP contribution is 2.29. The summed E-state index contributed by atoms with van der Waals surface area (Å²) in [6.45, 7) is 5.55. The summed E-state index contributed by atoms with van der Waals surface area (Å²) in [4.78, 5) is 40.1. The number of pyridine rings is 1. The normalized spacial score (nSPS) is 14.1. The Morgan fingerprint density at radius 3 is 2.51 bits per heavy atom. The van der Waals surface area contributed by atoms with Gasteiger partial charge in [0, 0.05) is 47.8 Å². The van der Waals surface area contributed by atoms with E-state index in [2.05, 4.69) is 5.32 Å². The number of carbonyl (C=O) groups is 2. The number of fused-ring (bicyclic) bond motifs is 1. The van der Waals surface area contributed by atoms with Crippen molar-refractivity contribution in [3.63, 3.8) is 0 Å². The van der Waals surface area contributed by atoms with Crippen molar-refractivity contribution in [1.29, 1.82) is 0 Å². The van der Waals surface area contributed by atoms with E-state index in [4.69, 9.17) is 27.9 Å². The molecule has 7 nitrogen and oxygen atoms in total. The molecule has 0 unspecified atom stereocenters. The molecule has 0 saturated carbocycles. The zero-order valence-electron chi connectivity index (χ0n) is 20.7. The second-order valence-corrected chi connectivity index (χ2v) is 9.75. The Bertz CT molecular complexity index is 1400. The molecule has 0 aliphatic carbocycles. The molecule has 2 aromatic carbocycles. The maximum absolute atomic E-state index is 15.3. The van der Waals surface area contributed by atoms with Gasteiger partial charge in [-0.15, -0.1) is 0 Å². The van der Waals surface area contributed by atoms with E-state index in [0.717, 1.165) is 0 Å². The average molecular weight is 548 g/mol. The van der Waals surface area contributed by atoms with Gasteiger partial charge in [0.15, 0.2) is 0 Å². The number of ether oxygens (including phenoxy) is 1. The van der Waals surface area contributed by atoms with Gasteiger partial charge < -0.3 is 19.5 Å². The van der Waals surface area contributed by atoms with Gasteiger partial charge in [0.25, 0.3) is 5.91 Å². The fourth-order valence-corrected chi connectivity index (χ4v) is 5.09. The fourth-order valence-electron chi connectivity index (χ4n) is 4.62. The predicted octanol–water partition coefficient (Wildman–Crippen LogP) is 5.18. The van der Waals surface area contributed by atoms with Crippen molar-refractivity contribution in [3.05, 3.63) is 73.7 Å². The molecule has 3 aromatic rings. The highest BCUT2D eigenvalue weighted by molar-refractivity contribution is 6.35. The molecule has 1 N–H and O–H groups in total. The largest absolute Gasteiger partial charge is 0.466 e. The first-order chi connectivity index (χ1) is 17.7. The van der Waals surface area contributed by atoms with Crippen molar-refractivity contribution in [3.8, 4) is 0 Å². The van der Waals surface area contributed by atoms with E-state index >= 15 is 4.39 Å². The van der Waals surface area contributed by atoms with E-state index in [9.17, 15) is 14.4 Å². The number of amides is 1. The van der Waals surface area contributed by atoms with Crippen LogP contribution in [0.4, 0.5) is 10.1 Å². The Hall–Kier alpha value is -3.10. The summed E-state index contributed by atoms with van der Waals surface area (Å²) in [6, 6.07) is 7.78. The van der Waals surface area contributed by atoms with Crippen LogP contribution >= 0.6 is 23.2 Å². The van der Waals surface area contributed by atoms with Crippen LogP contribution in [0, 0.1) is 11.7 Å². The number of halogens is 3. The van der Waals surface area contributed by atoms with E-state index in [0.29, 0.717) is 65.9 Å². The van der Waals surface area contributed by atoms with Crippen LogP contribution in [0.3, 0.4) is 0 Å². The summed E-state index contributed by atoms with van der Waals surface area (Å²) < 4.78 is 22.1. The summed E-state index contributed by atoms with van der Waals surface area (Å²) in [5.41, 5.74) is 0.922. The quantitative estimate of drug-likeness (QED) is 0.412. The Labute approximate surface area is 224 Å². The molecule has 10 heteroatoms. The SMILES string of the molecule is CCOC(=O)C1CCN(c2cc3c(cc2F)c(=O)c(C(=O)NCc2ccc(Cl)cc2Cl)cn3CC)CC1. The van der Waals surface area contributed by atoms with E-state index in [1.165, 1.54) is 12.3 Å². The van der Waals surface area contributed by atoms with Gasteiger partial charge in [-0.1, -0.05) is 29.3 Å². The molecule has 1 aliphatic rings. The Balaban J connectivity index is 1.59. The monoisotopic (exact) mass is 547 g/mol. The van der Waals surface area contributed by atoms with Crippen LogP contribution in [0.2, 0.25) is 10.0 Å². The van der Waals surface area contributed by atoms with Crippen LogP contribution in [-0.4, -0.2) is 36.1 Å².